The molecular weight excluding hydrogens is 414 g/mol. The number of methoxy groups -OCH3 is 2. The van der Waals surface area contributed by atoms with Crippen molar-refractivity contribution in [1.29, 1.82) is 0 Å². The smallest absolute Gasteiger partial charge is 0.231 e. The van der Waals surface area contributed by atoms with Gasteiger partial charge in [0.2, 0.25) is 6.79 Å². The van der Waals surface area contributed by atoms with E-state index in [2.05, 4.69) is 5.16 Å². The first-order valence-corrected chi connectivity index (χ1v) is 10.5. The Morgan fingerprint density at radius 1 is 1.16 bits per heavy atom. The largest absolute Gasteiger partial charge is 0.493 e. The topological polar surface area (TPSA) is 92.7 Å². The molecule has 0 spiro atoms. The van der Waals surface area contributed by atoms with Crippen molar-refractivity contribution in [2.24, 2.45) is 17.0 Å². The molecule has 2 heterocycles. The van der Waals surface area contributed by atoms with Crippen molar-refractivity contribution in [2.75, 3.05) is 27.6 Å². The molecule has 8 heteroatoms. The van der Waals surface area contributed by atoms with Gasteiger partial charge in [0.1, 0.15) is 12.4 Å². The number of ether oxygens (including phenoxy) is 4. The van der Waals surface area contributed by atoms with Crippen LogP contribution < -0.4 is 18.9 Å². The average Bonchev–Trinajstić information content (AvgIpc) is 3.49. The predicted molar refractivity (Wildman–Crippen MR) is 114 cm³/mol. The van der Waals surface area contributed by atoms with E-state index in [0.29, 0.717) is 41.6 Å². The number of fused-ring (bicyclic) bond motifs is 4. The number of nitrogens with zero attached hydrogens (tertiary/aromatic N) is 1. The number of oxime groups is 1. The molecule has 1 aliphatic carbocycles. The van der Waals surface area contributed by atoms with E-state index in [0.717, 1.165) is 28.7 Å². The summed E-state index contributed by atoms with van der Waals surface area (Å²) >= 11 is 0. The summed E-state index contributed by atoms with van der Waals surface area (Å²) in [6.45, 7) is 2.31. The fraction of sp³-hybridized carbons (Fsp3) is 0.375. The molecule has 2 aromatic carbocycles. The summed E-state index contributed by atoms with van der Waals surface area (Å²) in [6.07, 6.45) is 1.11. The van der Waals surface area contributed by atoms with E-state index in [4.69, 9.17) is 23.8 Å². The summed E-state index contributed by atoms with van der Waals surface area (Å²) in [5, 5.41) is 4.28. The zero-order valence-electron chi connectivity index (χ0n) is 18.0. The van der Waals surface area contributed by atoms with Gasteiger partial charge < -0.3 is 23.8 Å². The Labute approximate surface area is 185 Å². The maximum absolute atomic E-state index is 13.3. The monoisotopic (exact) mass is 437 g/mol. The quantitative estimate of drug-likeness (QED) is 0.640. The molecule has 0 aromatic heterocycles. The van der Waals surface area contributed by atoms with E-state index >= 15 is 0 Å². The first-order chi connectivity index (χ1) is 15.6. The van der Waals surface area contributed by atoms with Crippen LogP contribution in [0.1, 0.15) is 46.3 Å². The third kappa shape index (κ3) is 2.93. The molecule has 32 heavy (non-hydrogen) atoms. The number of Topliss-reactive ketones (excluding diaryl/α,β-unsaturated/α-hetero) is 1. The molecule has 166 valence electrons. The van der Waals surface area contributed by atoms with Crippen LogP contribution in [-0.2, 0) is 9.63 Å². The van der Waals surface area contributed by atoms with Crippen LogP contribution in [0.25, 0.3) is 0 Å². The number of hydrogen-bond acceptors (Lipinski definition) is 8. The molecule has 2 aliphatic heterocycles. The third-order valence-electron chi connectivity index (χ3n) is 6.45. The lowest BCUT2D eigenvalue weighted by Crippen LogP contribution is -2.40. The molecule has 3 aliphatic rings. The normalized spacial score (nSPS) is 22.3. The number of carbonyl (C=O) groups is 2. The average molecular weight is 437 g/mol. The Bertz CT molecular complexity index is 1140. The van der Waals surface area contributed by atoms with Crippen LogP contribution in [0.5, 0.6) is 23.0 Å². The molecule has 0 N–H and O–H groups in total. The summed E-state index contributed by atoms with van der Waals surface area (Å²) in [4.78, 5) is 30.6. The molecule has 0 amide bonds. The van der Waals surface area contributed by atoms with Gasteiger partial charge in [0.05, 0.1) is 31.4 Å². The highest BCUT2D eigenvalue weighted by Crippen LogP contribution is 2.51. The van der Waals surface area contributed by atoms with Gasteiger partial charge in [0.25, 0.3) is 0 Å². The lowest BCUT2D eigenvalue weighted by Gasteiger charge is -2.37. The van der Waals surface area contributed by atoms with Crippen molar-refractivity contribution >= 4 is 17.8 Å². The molecule has 8 nitrogen and oxygen atoms in total. The van der Waals surface area contributed by atoms with E-state index in [1.54, 1.807) is 6.07 Å². The highest BCUT2D eigenvalue weighted by atomic mass is 16.7. The summed E-state index contributed by atoms with van der Waals surface area (Å²) in [5.41, 5.74) is 3.63. The van der Waals surface area contributed by atoms with Crippen molar-refractivity contribution < 1.29 is 33.4 Å². The highest BCUT2D eigenvalue weighted by Gasteiger charge is 2.48. The molecule has 0 unspecified atom stereocenters. The molecule has 3 atom stereocenters. The number of benzene rings is 2. The first kappa shape index (κ1) is 20.4. The van der Waals surface area contributed by atoms with Crippen LogP contribution in [0, 0.1) is 11.8 Å². The van der Waals surface area contributed by atoms with Crippen LogP contribution in [0.15, 0.2) is 29.4 Å². The van der Waals surface area contributed by atoms with Gasteiger partial charge in [0, 0.05) is 23.8 Å². The molecule has 0 bridgehead atoms. The molecular formula is C24H23NO7. The summed E-state index contributed by atoms with van der Waals surface area (Å²) in [5.74, 6) is 1.18. The Balaban J connectivity index is 1.78. The molecule has 0 fully saturated rings. The predicted octanol–water partition coefficient (Wildman–Crippen LogP) is 3.34. The van der Waals surface area contributed by atoms with Gasteiger partial charge >= 0.3 is 0 Å². The number of rotatable bonds is 6. The second kappa shape index (κ2) is 7.85. The zero-order chi connectivity index (χ0) is 22.4. The first-order valence-electron chi connectivity index (χ1n) is 10.5. The van der Waals surface area contributed by atoms with Crippen molar-refractivity contribution in [1.82, 2.24) is 0 Å². The Hall–Kier alpha value is -3.55. The number of aldehydes is 1. The molecule has 5 rings (SSSR count). The van der Waals surface area contributed by atoms with E-state index in [9.17, 15) is 9.59 Å². The lowest BCUT2D eigenvalue weighted by atomic mass is 9.64. The van der Waals surface area contributed by atoms with Crippen molar-refractivity contribution in [3.63, 3.8) is 0 Å². The maximum Gasteiger partial charge on any atom is 0.231 e. The standard InChI is InChI=1S/C24H23NO7/c1-4-17(27)22-16-10-32-25-23(16)15-8-19-18(30-11-31-19)7-14(15)21(22)12-5-13(9-26)24(29-3)20(6-12)28-2/h5-9,16,21-22H,4,10-11H2,1-3H3/t16-,21+,22+/m0/s1. The van der Waals surface area contributed by atoms with Gasteiger partial charge in [-0.1, -0.05) is 12.1 Å². The van der Waals surface area contributed by atoms with Crippen LogP contribution in [0.2, 0.25) is 0 Å². The Morgan fingerprint density at radius 3 is 2.62 bits per heavy atom. The van der Waals surface area contributed by atoms with E-state index < -0.39 is 5.92 Å². The summed E-state index contributed by atoms with van der Waals surface area (Å²) in [7, 11) is 3.01. The van der Waals surface area contributed by atoms with Gasteiger partial charge in [-0.25, -0.2) is 0 Å². The molecule has 0 saturated heterocycles. The number of hydrogen-bond donors (Lipinski definition) is 0. The van der Waals surface area contributed by atoms with E-state index in [1.807, 2.05) is 25.1 Å². The van der Waals surface area contributed by atoms with Gasteiger partial charge in [-0.05, 0) is 35.4 Å². The van der Waals surface area contributed by atoms with Gasteiger partial charge in [-0.3, -0.25) is 9.59 Å². The van der Waals surface area contributed by atoms with Gasteiger partial charge in [-0.2, -0.15) is 0 Å². The van der Waals surface area contributed by atoms with E-state index in [1.165, 1.54) is 14.2 Å². The molecule has 0 saturated carbocycles. The van der Waals surface area contributed by atoms with Crippen LogP contribution in [-0.4, -0.2) is 45.4 Å². The van der Waals surface area contributed by atoms with Crippen molar-refractivity contribution in [3.05, 3.63) is 46.5 Å². The second-order valence-corrected chi connectivity index (χ2v) is 7.96. The van der Waals surface area contributed by atoms with Crippen LogP contribution in [0.3, 0.4) is 0 Å². The minimum atomic E-state index is -0.410. The third-order valence-corrected chi connectivity index (χ3v) is 6.45. The zero-order valence-corrected chi connectivity index (χ0v) is 18.0. The Kier molecular flexibility index (Phi) is 5.00. The van der Waals surface area contributed by atoms with Gasteiger partial charge in [0.15, 0.2) is 29.3 Å². The summed E-state index contributed by atoms with van der Waals surface area (Å²) < 4.78 is 22.1. The highest BCUT2D eigenvalue weighted by molar-refractivity contribution is 6.09. The van der Waals surface area contributed by atoms with Crippen LogP contribution >= 0.6 is 0 Å². The minimum absolute atomic E-state index is 0.101. The fourth-order valence-electron chi connectivity index (χ4n) is 5.03. The van der Waals surface area contributed by atoms with Gasteiger partial charge in [-0.15, -0.1) is 0 Å². The fourth-order valence-corrected chi connectivity index (χ4v) is 5.03. The molecule has 2 aromatic rings. The van der Waals surface area contributed by atoms with Crippen molar-refractivity contribution in [2.45, 2.75) is 19.3 Å². The Morgan fingerprint density at radius 2 is 1.94 bits per heavy atom. The lowest BCUT2D eigenvalue weighted by molar-refractivity contribution is -0.124. The van der Waals surface area contributed by atoms with E-state index in [-0.39, 0.29) is 24.4 Å². The number of carbonyl (C=O) groups excluding carboxylic acids is 2. The van der Waals surface area contributed by atoms with Crippen molar-refractivity contribution in [3.8, 4) is 23.0 Å². The summed E-state index contributed by atoms with van der Waals surface area (Å²) in [6, 6.07) is 7.41. The SMILES string of the molecule is CCC(=O)[C@@H]1[C@H](c2cc(C=O)c(OC)c(OC)c2)c2cc3c(cc2C2=NOC[C@H]21)OCO3. The van der Waals surface area contributed by atoms with Crippen LogP contribution in [0.4, 0.5) is 0 Å². The second-order valence-electron chi connectivity index (χ2n) is 7.96. The number of ketones is 1. The molecule has 0 radical (unpaired) electrons. The maximum atomic E-state index is 13.3. The minimum Gasteiger partial charge on any atom is -0.493 e.